The van der Waals surface area contributed by atoms with E-state index in [-0.39, 0.29) is 11.9 Å². The molecule has 0 fully saturated rings. The monoisotopic (exact) mass is 302 g/mol. The number of benzene rings is 1. The third-order valence-electron chi connectivity index (χ3n) is 3.67. The molecule has 21 heavy (non-hydrogen) atoms. The second-order valence-electron chi connectivity index (χ2n) is 5.07. The Morgan fingerprint density at radius 3 is 3.00 bits per heavy atom. The Bertz CT molecular complexity index is 688. The van der Waals surface area contributed by atoms with Crippen LogP contribution in [-0.2, 0) is 12.8 Å². The Morgan fingerprint density at radius 1 is 1.38 bits per heavy atom. The number of hydrogen-bond donors (Lipinski definition) is 1. The van der Waals surface area contributed by atoms with Crippen LogP contribution >= 0.6 is 11.6 Å². The molecule has 1 aromatic heterocycles. The summed E-state index contributed by atoms with van der Waals surface area (Å²) < 4.78 is 5.37. The van der Waals surface area contributed by atoms with E-state index < -0.39 is 0 Å². The van der Waals surface area contributed by atoms with Gasteiger partial charge in [0.15, 0.2) is 0 Å². The maximum absolute atomic E-state index is 12.2. The number of nitrogens with zero attached hydrogens (tertiary/aromatic N) is 1. The molecule has 1 aliphatic carbocycles. The van der Waals surface area contributed by atoms with Crippen LogP contribution < -0.4 is 10.1 Å². The average molecular weight is 303 g/mol. The fraction of sp³-hybridized carbons (Fsp3) is 0.250. The van der Waals surface area contributed by atoms with Crippen molar-refractivity contribution in [3.63, 3.8) is 0 Å². The van der Waals surface area contributed by atoms with Crippen molar-refractivity contribution < 1.29 is 9.53 Å². The highest BCUT2D eigenvalue weighted by molar-refractivity contribution is 6.30. The summed E-state index contributed by atoms with van der Waals surface area (Å²) >= 11 is 5.86. The van der Waals surface area contributed by atoms with Crippen molar-refractivity contribution in [3.8, 4) is 5.75 Å². The fourth-order valence-electron chi connectivity index (χ4n) is 2.72. The molecule has 0 unspecified atom stereocenters. The summed E-state index contributed by atoms with van der Waals surface area (Å²) in [5, 5.41) is 3.48. The number of pyridine rings is 1. The van der Waals surface area contributed by atoms with E-state index in [0.29, 0.717) is 10.6 Å². The molecule has 3 rings (SSSR count). The Labute approximate surface area is 128 Å². The van der Waals surface area contributed by atoms with Gasteiger partial charge in [0.25, 0.3) is 5.91 Å². The first-order chi connectivity index (χ1) is 10.2. The molecule has 0 radical (unpaired) electrons. The van der Waals surface area contributed by atoms with Crippen molar-refractivity contribution in [1.29, 1.82) is 0 Å². The highest BCUT2D eigenvalue weighted by atomic mass is 35.5. The standard InChI is InChI=1S/C16H15ClN2O2/c1-21-15-4-2-3-10-6-13(7-14(10)15)19-16(20)11-5-12(17)9-18-8-11/h2-5,8-9,13H,6-7H2,1H3,(H,19,20)/t13-/m1/s1. The Hall–Kier alpha value is -2.07. The van der Waals surface area contributed by atoms with Gasteiger partial charge < -0.3 is 10.1 Å². The number of rotatable bonds is 3. The van der Waals surface area contributed by atoms with Crippen molar-refractivity contribution in [2.75, 3.05) is 7.11 Å². The first kappa shape index (κ1) is 13.9. The van der Waals surface area contributed by atoms with E-state index in [0.717, 1.165) is 18.6 Å². The van der Waals surface area contributed by atoms with Gasteiger partial charge in [0.2, 0.25) is 0 Å². The first-order valence-electron chi connectivity index (χ1n) is 6.73. The smallest absolute Gasteiger partial charge is 0.253 e. The highest BCUT2D eigenvalue weighted by Crippen LogP contribution is 2.30. The lowest BCUT2D eigenvalue weighted by Gasteiger charge is -2.12. The van der Waals surface area contributed by atoms with E-state index in [9.17, 15) is 4.79 Å². The summed E-state index contributed by atoms with van der Waals surface area (Å²) in [6, 6.07) is 7.69. The second kappa shape index (κ2) is 5.74. The second-order valence-corrected chi connectivity index (χ2v) is 5.50. The summed E-state index contributed by atoms with van der Waals surface area (Å²) in [5.41, 5.74) is 2.88. The van der Waals surface area contributed by atoms with Crippen LogP contribution in [0.1, 0.15) is 21.5 Å². The van der Waals surface area contributed by atoms with Crippen LogP contribution in [0.15, 0.2) is 36.7 Å². The summed E-state index contributed by atoms with van der Waals surface area (Å²) in [5.74, 6) is 0.732. The number of aromatic nitrogens is 1. The molecule has 1 atom stereocenters. The lowest BCUT2D eigenvalue weighted by molar-refractivity contribution is 0.0938. The Balaban J connectivity index is 1.72. The van der Waals surface area contributed by atoms with Gasteiger partial charge in [0.05, 0.1) is 17.7 Å². The van der Waals surface area contributed by atoms with Gasteiger partial charge in [-0.25, -0.2) is 0 Å². The molecule has 0 saturated heterocycles. The highest BCUT2D eigenvalue weighted by Gasteiger charge is 2.25. The lowest BCUT2D eigenvalue weighted by Crippen LogP contribution is -2.35. The van der Waals surface area contributed by atoms with E-state index in [1.54, 1.807) is 13.2 Å². The molecular weight excluding hydrogens is 288 g/mol. The number of fused-ring (bicyclic) bond motifs is 1. The minimum atomic E-state index is -0.151. The van der Waals surface area contributed by atoms with Crippen LogP contribution in [0, 0.1) is 0 Å². The lowest BCUT2D eigenvalue weighted by atomic mass is 10.1. The van der Waals surface area contributed by atoms with Crippen molar-refractivity contribution in [3.05, 3.63) is 58.4 Å². The van der Waals surface area contributed by atoms with Crippen LogP contribution in [0.5, 0.6) is 5.75 Å². The molecule has 1 aliphatic rings. The first-order valence-corrected chi connectivity index (χ1v) is 7.11. The summed E-state index contributed by atoms with van der Waals surface area (Å²) in [7, 11) is 1.67. The van der Waals surface area contributed by atoms with Crippen molar-refractivity contribution >= 4 is 17.5 Å². The Kier molecular flexibility index (Phi) is 3.80. The third kappa shape index (κ3) is 2.85. The van der Waals surface area contributed by atoms with Crippen LogP contribution in [0.25, 0.3) is 0 Å². The SMILES string of the molecule is COc1cccc2c1C[C@H](NC(=O)c1cncc(Cl)c1)C2. The maximum Gasteiger partial charge on any atom is 0.253 e. The molecule has 5 heteroatoms. The number of methoxy groups -OCH3 is 1. The number of carbonyl (C=O) groups is 1. The molecule has 1 N–H and O–H groups in total. The van der Waals surface area contributed by atoms with Gasteiger partial charge in [-0.2, -0.15) is 0 Å². The minimum Gasteiger partial charge on any atom is -0.496 e. The van der Waals surface area contributed by atoms with Crippen LogP contribution in [-0.4, -0.2) is 24.0 Å². The van der Waals surface area contributed by atoms with Crippen molar-refractivity contribution in [2.45, 2.75) is 18.9 Å². The topological polar surface area (TPSA) is 51.2 Å². The molecule has 2 aromatic rings. The number of nitrogens with one attached hydrogen (secondary N) is 1. The predicted molar refractivity (Wildman–Crippen MR) is 80.9 cm³/mol. The predicted octanol–water partition coefficient (Wildman–Crippen LogP) is 2.64. The van der Waals surface area contributed by atoms with E-state index in [4.69, 9.17) is 16.3 Å². The van der Waals surface area contributed by atoms with E-state index in [1.165, 1.54) is 23.5 Å². The van der Waals surface area contributed by atoms with Gasteiger partial charge in [-0.05, 0) is 36.1 Å². The van der Waals surface area contributed by atoms with E-state index in [1.807, 2.05) is 12.1 Å². The molecule has 1 aromatic carbocycles. The zero-order valence-electron chi connectivity index (χ0n) is 11.6. The molecule has 0 aliphatic heterocycles. The van der Waals surface area contributed by atoms with Crippen LogP contribution in [0.3, 0.4) is 0 Å². The van der Waals surface area contributed by atoms with Crippen molar-refractivity contribution in [1.82, 2.24) is 10.3 Å². The van der Waals surface area contributed by atoms with Gasteiger partial charge in [-0.15, -0.1) is 0 Å². The molecule has 1 heterocycles. The molecule has 0 bridgehead atoms. The Morgan fingerprint density at radius 2 is 2.24 bits per heavy atom. The third-order valence-corrected chi connectivity index (χ3v) is 3.88. The number of ether oxygens (including phenoxy) is 1. The molecule has 1 amide bonds. The zero-order valence-corrected chi connectivity index (χ0v) is 12.4. The minimum absolute atomic E-state index is 0.0720. The largest absolute Gasteiger partial charge is 0.496 e. The number of amides is 1. The summed E-state index contributed by atoms with van der Waals surface area (Å²) in [6.45, 7) is 0. The summed E-state index contributed by atoms with van der Waals surface area (Å²) in [4.78, 5) is 16.2. The van der Waals surface area contributed by atoms with E-state index >= 15 is 0 Å². The fourth-order valence-corrected chi connectivity index (χ4v) is 2.89. The van der Waals surface area contributed by atoms with Gasteiger partial charge in [0.1, 0.15) is 5.75 Å². The van der Waals surface area contributed by atoms with Crippen LogP contribution in [0.2, 0.25) is 5.02 Å². The molecule has 0 saturated carbocycles. The average Bonchev–Trinajstić information content (AvgIpc) is 2.89. The van der Waals surface area contributed by atoms with Gasteiger partial charge in [-0.3, -0.25) is 9.78 Å². The zero-order chi connectivity index (χ0) is 14.8. The number of carbonyl (C=O) groups excluding carboxylic acids is 1. The van der Waals surface area contributed by atoms with Gasteiger partial charge in [-0.1, -0.05) is 23.7 Å². The maximum atomic E-state index is 12.2. The summed E-state index contributed by atoms with van der Waals surface area (Å²) in [6.07, 6.45) is 4.61. The van der Waals surface area contributed by atoms with Crippen molar-refractivity contribution in [2.24, 2.45) is 0 Å². The van der Waals surface area contributed by atoms with Gasteiger partial charge in [0, 0.05) is 18.4 Å². The molecule has 4 nitrogen and oxygen atoms in total. The molecule has 0 spiro atoms. The normalized spacial score (nSPS) is 16.4. The number of hydrogen-bond acceptors (Lipinski definition) is 3. The van der Waals surface area contributed by atoms with Crippen LogP contribution in [0.4, 0.5) is 0 Å². The molecule has 108 valence electrons. The van der Waals surface area contributed by atoms with E-state index in [2.05, 4.69) is 16.4 Å². The quantitative estimate of drug-likeness (QED) is 0.948. The number of halogens is 1. The van der Waals surface area contributed by atoms with Gasteiger partial charge >= 0.3 is 0 Å². The molecular formula is C16H15ClN2O2.